The number of amides is 1. The van der Waals surface area contributed by atoms with Gasteiger partial charge in [0.2, 0.25) is 0 Å². The largest absolute Gasteiger partial charge is 0.440 e. The van der Waals surface area contributed by atoms with Gasteiger partial charge in [0, 0.05) is 6.54 Å². The molecule has 1 heterocycles. The number of ether oxygens (including phenoxy) is 1. The second-order valence-electron chi connectivity index (χ2n) is 5.00. The van der Waals surface area contributed by atoms with Crippen LogP contribution in [0.2, 0.25) is 0 Å². The van der Waals surface area contributed by atoms with Crippen molar-refractivity contribution in [2.24, 2.45) is 5.92 Å². The number of piperidine rings is 1. The van der Waals surface area contributed by atoms with Gasteiger partial charge in [0.1, 0.15) is 0 Å². The number of likely N-dealkylation sites (tertiary alicyclic amines) is 1. The van der Waals surface area contributed by atoms with E-state index in [9.17, 15) is 18.0 Å². The minimum Gasteiger partial charge on any atom is -0.440 e. The van der Waals surface area contributed by atoms with Gasteiger partial charge < -0.3 is 15.0 Å². The van der Waals surface area contributed by atoms with Crippen LogP contribution in [0, 0.1) is 5.92 Å². The number of hydrogen-bond donors (Lipinski definition) is 1. The van der Waals surface area contributed by atoms with Gasteiger partial charge >= 0.3 is 12.3 Å². The van der Waals surface area contributed by atoms with Crippen LogP contribution in [-0.2, 0) is 4.74 Å². The second kappa shape index (κ2) is 7.57. The maximum Gasteiger partial charge on any atom is 0.422 e. The van der Waals surface area contributed by atoms with Gasteiger partial charge in [-0.15, -0.1) is 0 Å². The molecule has 0 radical (unpaired) electrons. The minimum absolute atomic E-state index is 0.336. The zero-order valence-electron chi connectivity index (χ0n) is 11.1. The third-order valence-electron chi connectivity index (χ3n) is 3.16. The molecule has 0 aromatic heterocycles. The molecule has 1 fully saturated rings. The molecule has 0 saturated carbocycles. The van der Waals surface area contributed by atoms with Crippen LogP contribution >= 0.6 is 0 Å². The molecule has 0 aromatic carbocycles. The van der Waals surface area contributed by atoms with Crippen molar-refractivity contribution >= 4 is 6.09 Å². The highest BCUT2D eigenvalue weighted by Gasteiger charge is 2.29. The summed E-state index contributed by atoms with van der Waals surface area (Å²) >= 11 is 0. The lowest BCUT2D eigenvalue weighted by atomic mass is 9.99. The van der Waals surface area contributed by atoms with E-state index in [0.717, 1.165) is 32.0 Å². The first kappa shape index (κ1) is 16.1. The van der Waals surface area contributed by atoms with E-state index in [1.165, 1.54) is 12.8 Å². The van der Waals surface area contributed by atoms with E-state index in [2.05, 4.69) is 21.9 Å². The molecule has 1 aliphatic rings. The van der Waals surface area contributed by atoms with Gasteiger partial charge in [-0.3, -0.25) is 0 Å². The van der Waals surface area contributed by atoms with Crippen molar-refractivity contribution in [3.63, 3.8) is 0 Å². The lowest BCUT2D eigenvalue weighted by Gasteiger charge is -2.30. The van der Waals surface area contributed by atoms with Gasteiger partial charge in [0.15, 0.2) is 6.61 Å². The van der Waals surface area contributed by atoms with Crippen molar-refractivity contribution in [3.8, 4) is 0 Å². The highest BCUT2D eigenvalue weighted by atomic mass is 19.4. The zero-order valence-corrected chi connectivity index (χ0v) is 11.1. The lowest BCUT2D eigenvalue weighted by molar-refractivity contribution is -0.160. The summed E-state index contributed by atoms with van der Waals surface area (Å²) in [5, 5.41) is 2.32. The molecular weight excluding hydrogens is 261 g/mol. The van der Waals surface area contributed by atoms with Crippen molar-refractivity contribution in [1.29, 1.82) is 0 Å². The monoisotopic (exact) mass is 282 g/mol. The number of nitrogens with one attached hydrogen (secondary N) is 1. The zero-order chi connectivity index (χ0) is 14.3. The molecule has 0 bridgehead atoms. The number of alkyl carbamates (subject to hydrolysis) is 1. The second-order valence-corrected chi connectivity index (χ2v) is 5.00. The first-order valence-electron chi connectivity index (χ1n) is 6.56. The fourth-order valence-corrected chi connectivity index (χ4v) is 1.98. The van der Waals surface area contributed by atoms with Crippen molar-refractivity contribution < 1.29 is 22.7 Å². The standard InChI is InChI=1S/C12H21F3N2O2/c1-10-3-7-17(8-4-10)6-2-5-16-11(18)19-9-12(13,14)15/h10H,2-9H2,1H3,(H,16,18). The van der Waals surface area contributed by atoms with Crippen molar-refractivity contribution in [1.82, 2.24) is 10.2 Å². The fraction of sp³-hybridized carbons (Fsp3) is 0.917. The first-order chi connectivity index (χ1) is 8.87. The number of nitrogens with zero attached hydrogens (tertiary/aromatic N) is 1. The normalized spacial score (nSPS) is 18.3. The van der Waals surface area contributed by atoms with Gasteiger partial charge in [-0.25, -0.2) is 4.79 Å². The Morgan fingerprint density at radius 1 is 1.37 bits per heavy atom. The molecule has 112 valence electrons. The van der Waals surface area contributed by atoms with Crippen LogP contribution in [0.15, 0.2) is 0 Å². The molecule has 7 heteroatoms. The maximum atomic E-state index is 11.8. The summed E-state index contributed by atoms with van der Waals surface area (Å²) in [6, 6.07) is 0. The van der Waals surface area contributed by atoms with Crippen LogP contribution in [0.25, 0.3) is 0 Å². The van der Waals surface area contributed by atoms with E-state index in [1.807, 2.05) is 0 Å². The van der Waals surface area contributed by atoms with Crippen LogP contribution in [0.5, 0.6) is 0 Å². The van der Waals surface area contributed by atoms with Gasteiger partial charge in [-0.2, -0.15) is 13.2 Å². The summed E-state index contributed by atoms with van der Waals surface area (Å²) in [7, 11) is 0. The topological polar surface area (TPSA) is 41.6 Å². The highest BCUT2D eigenvalue weighted by molar-refractivity contribution is 5.67. The molecule has 4 nitrogen and oxygen atoms in total. The molecule has 1 amide bonds. The van der Waals surface area contributed by atoms with Gasteiger partial charge in [0.25, 0.3) is 0 Å². The number of hydrogen-bond acceptors (Lipinski definition) is 3. The van der Waals surface area contributed by atoms with Crippen LogP contribution < -0.4 is 5.32 Å². The summed E-state index contributed by atoms with van der Waals surface area (Å²) in [5.41, 5.74) is 0. The number of carbonyl (C=O) groups excluding carboxylic acids is 1. The third kappa shape index (κ3) is 7.92. The minimum atomic E-state index is -4.47. The molecule has 1 aliphatic heterocycles. The number of halogens is 3. The van der Waals surface area contributed by atoms with E-state index >= 15 is 0 Å². The molecule has 0 aromatic rings. The molecule has 0 aliphatic carbocycles. The lowest BCUT2D eigenvalue weighted by Crippen LogP contribution is -2.36. The molecule has 0 atom stereocenters. The summed E-state index contributed by atoms with van der Waals surface area (Å²) in [6.07, 6.45) is -2.40. The third-order valence-corrected chi connectivity index (χ3v) is 3.16. The van der Waals surface area contributed by atoms with Crippen LogP contribution in [0.3, 0.4) is 0 Å². The van der Waals surface area contributed by atoms with E-state index in [4.69, 9.17) is 0 Å². The van der Waals surface area contributed by atoms with E-state index in [-0.39, 0.29) is 0 Å². The van der Waals surface area contributed by atoms with E-state index < -0.39 is 18.9 Å². The average molecular weight is 282 g/mol. The summed E-state index contributed by atoms with van der Waals surface area (Å²) in [4.78, 5) is 13.2. The van der Waals surface area contributed by atoms with Gasteiger partial charge in [-0.1, -0.05) is 6.92 Å². The number of alkyl halides is 3. The molecule has 0 spiro atoms. The van der Waals surface area contributed by atoms with E-state index in [0.29, 0.717) is 6.54 Å². The Kier molecular flexibility index (Phi) is 6.41. The molecule has 1 rings (SSSR count). The Morgan fingerprint density at radius 2 is 2.00 bits per heavy atom. The fourth-order valence-electron chi connectivity index (χ4n) is 1.98. The van der Waals surface area contributed by atoms with Crippen molar-refractivity contribution in [2.75, 3.05) is 32.8 Å². The number of carbonyl (C=O) groups is 1. The van der Waals surface area contributed by atoms with Gasteiger partial charge in [-0.05, 0) is 44.8 Å². The highest BCUT2D eigenvalue weighted by Crippen LogP contribution is 2.16. The van der Waals surface area contributed by atoms with E-state index in [1.54, 1.807) is 0 Å². The Bertz CT molecular complexity index is 277. The van der Waals surface area contributed by atoms with Crippen LogP contribution in [0.1, 0.15) is 26.2 Å². The predicted molar refractivity (Wildman–Crippen MR) is 64.9 cm³/mol. The molecule has 1 N–H and O–H groups in total. The Morgan fingerprint density at radius 3 is 2.58 bits per heavy atom. The summed E-state index contributed by atoms with van der Waals surface area (Å²) < 4.78 is 39.3. The van der Waals surface area contributed by atoms with Crippen molar-refractivity contribution in [2.45, 2.75) is 32.4 Å². The van der Waals surface area contributed by atoms with Crippen LogP contribution in [-0.4, -0.2) is 50.0 Å². The maximum absolute atomic E-state index is 11.8. The Hall–Kier alpha value is -0.980. The smallest absolute Gasteiger partial charge is 0.422 e. The Labute approximate surface area is 111 Å². The molecule has 1 saturated heterocycles. The molecule has 0 unspecified atom stereocenters. The SMILES string of the molecule is CC1CCN(CCCNC(=O)OCC(F)(F)F)CC1. The Balaban J connectivity index is 2.00. The quantitative estimate of drug-likeness (QED) is 0.787. The molecule has 19 heavy (non-hydrogen) atoms. The van der Waals surface area contributed by atoms with Gasteiger partial charge in [0.05, 0.1) is 0 Å². The molecular formula is C12H21F3N2O2. The predicted octanol–water partition coefficient (Wildman–Crippen LogP) is 2.40. The first-order valence-corrected chi connectivity index (χ1v) is 6.56. The average Bonchev–Trinajstić information content (AvgIpc) is 2.33. The summed E-state index contributed by atoms with van der Waals surface area (Å²) in [5.74, 6) is 0.770. The number of rotatable bonds is 5. The van der Waals surface area contributed by atoms with Crippen LogP contribution in [0.4, 0.5) is 18.0 Å². The summed E-state index contributed by atoms with van der Waals surface area (Å²) in [6.45, 7) is 3.99. The van der Waals surface area contributed by atoms with Crippen molar-refractivity contribution in [3.05, 3.63) is 0 Å².